The summed E-state index contributed by atoms with van der Waals surface area (Å²) in [7, 11) is 2.20. The van der Waals surface area contributed by atoms with Crippen LogP contribution in [0.4, 0.5) is 10.8 Å². The van der Waals surface area contributed by atoms with Crippen molar-refractivity contribution < 1.29 is 0 Å². The van der Waals surface area contributed by atoms with E-state index in [1.807, 2.05) is 12.3 Å². The second-order valence-electron chi connectivity index (χ2n) is 5.72. The van der Waals surface area contributed by atoms with Crippen LogP contribution in [0, 0.1) is 12.8 Å². The van der Waals surface area contributed by atoms with Gasteiger partial charge in [-0.2, -0.15) is 4.37 Å². The van der Waals surface area contributed by atoms with Crippen molar-refractivity contribution in [3.05, 3.63) is 11.1 Å². The molecule has 2 aromatic rings. The van der Waals surface area contributed by atoms with Crippen molar-refractivity contribution in [1.29, 1.82) is 0 Å². The lowest BCUT2D eigenvalue weighted by atomic mass is 9.98. The van der Waals surface area contributed by atoms with E-state index >= 15 is 0 Å². The Morgan fingerprint density at radius 3 is 3.10 bits per heavy atom. The first-order valence-electron chi connectivity index (χ1n) is 7.23. The van der Waals surface area contributed by atoms with Gasteiger partial charge in [-0.3, -0.25) is 0 Å². The van der Waals surface area contributed by atoms with E-state index in [1.165, 1.54) is 30.9 Å². The van der Waals surface area contributed by atoms with Crippen LogP contribution < -0.4 is 11.1 Å². The zero-order valence-electron chi connectivity index (χ0n) is 12.4. The highest BCUT2D eigenvalue weighted by atomic mass is 32.1. The summed E-state index contributed by atoms with van der Waals surface area (Å²) in [5.41, 5.74) is 8.03. The average molecular weight is 323 g/mol. The third kappa shape index (κ3) is 3.36. The second kappa shape index (κ2) is 6.29. The summed E-state index contributed by atoms with van der Waals surface area (Å²) in [6, 6.07) is 0. The summed E-state index contributed by atoms with van der Waals surface area (Å²) in [5, 5.41) is 7.61. The van der Waals surface area contributed by atoms with E-state index in [1.54, 1.807) is 11.3 Å². The monoisotopic (exact) mass is 323 g/mol. The maximum absolute atomic E-state index is 6.03. The Balaban J connectivity index is 1.71. The Morgan fingerprint density at radius 2 is 2.38 bits per heavy atom. The lowest BCUT2D eigenvalue weighted by Gasteiger charge is -2.29. The van der Waals surface area contributed by atoms with Crippen molar-refractivity contribution in [2.45, 2.75) is 19.8 Å². The molecular weight excluding hydrogens is 302 g/mol. The van der Waals surface area contributed by atoms with Gasteiger partial charge in [0, 0.05) is 24.2 Å². The van der Waals surface area contributed by atoms with Crippen LogP contribution in [0.25, 0.3) is 10.6 Å². The normalized spacial score (nSPS) is 19.8. The van der Waals surface area contributed by atoms with E-state index in [0.29, 0.717) is 11.7 Å². The number of hydrogen-bond acceptors (Lipinski definition) is 7. The predicted octanol–water partition coefficient (Wildman–Crippen LogP) is 2.91. The Morgan fingerprint density at radius 1 is 1.52 bits per heavy atom. The summed E-state index contributed by atoms with van der Waals surface area (Å²) in [6.07, 6.45) is 2.57. The van der Waals surface area contributed by atoms with Gasteiger partial charge in [-0.25, -0.2) is 4.98 Å². The first-order chi connectivity index (χ1) is 10.1. The molecule has 2 aromatic heterocycles. The molecule has 1 saturated heterocycles. The van der Waals surface area contributed by atoms with Crippen LogP contribution in [-0.2, 0) is 0 Å². The van der Waals surface area contributed by atoms with Gasteiger partial charge >= 0.3 is 0 Å². The summed E-state index contributed by atoms with van der Waals surface area (Å²) in [5.74, 6) is 1.27. The smallest absolute Gasteiger partial charge is 0.149 e. The summed E-state index contributed by atoms with van der Waals surface area (Å²) in [4.78, 5) is 6.94. The molecular formula is C14H21N5S2. The van der Waals surface area contributed by atoms with E-state index in [2.05, 4.69) is 26.6 Å². The quantitative estimate of drug-likeness (QED) is 0.905. The lowest BCUT2D eigenvalue weighted by Crippen LogP contribution is -2.35. The molecule has 3 heterocycles. The molecule has 1 aliphatic rings. The van der Waals surface area contributed by atoms with Crippen LogP contribution in [0.5, 0.6) is 0 Å². The Hall–Kier alpha value is -1.18. The number of nitrogen functional groups attached to an aromatic ring is 1. The van der Waals surface area contributed by atoms with Gasteiger partial charge in [0.15, 0.2) is 0 Å². The highest BCUT2D eigenvalue weighted by molar-refractivity contribution is 7.15. The van der Waals surface area contributed by atoms with Gasteiger partial charge in [0.2, 0.25) is 0 Å². The van der Waals surface area contributed by atoms with Gasteiger partial charge in [0.1, 0.15) is 15.8 Å². The molecule has 3 rings (SSSR count). The number of anilines is 2. The van der Waals surface area contributed by atoms with Gasteiger partial charge in [-0.15, -0.1) is 11.3 Å². The average Bonchev–Trinajstić information content (AvgIpc) is 3.02. The molecule has 114 valence electrons. The standard InChI is InChI=1S/C14H21N5S2/c1-9-8-20-14(17-9)11-12(15)18-21-13(11)16-6-10-4-3-5-19(2)7-10/h8,10,16H,3-7H2,1-2H3,(H2,15,18). The number of aromatic nitrogens is 2. The fraction of sp³-hybridized carbons (Fsp3) is 0.571. The minimum atomic E-state index is 0.581. The van der Waals surface area contributed by atoms with E-state index in [4.69, 9.17) is 5.73 Å². The van der Waals surface area contributed by atoms with Crippen LogP contribution in [0.1, 0.15) is 18.5 Å². The van der Waals surface area contributed by atoms with Gasteiger partial charge in [0.25, 0.3) is 0 Å². The van der Waals surface area contributed by atoms with Crippen LogP contribution in [0.15, 0.2) is 5.38 Å². The van der Waals surface area contributed by atoms with Crippen molar-refractivity contribution in [2.24, 2.45) is 5.92 Å². The van der Waals surface area contributed by atoms with Gasteiger partial charge in [-0.1, -0.05) is 0 Å². The predicted molar refractivity (Wildman–Crippen MR) is 91.1 cm³/mol. The Bertz CT molecular complexity index is 606. The topological polar surface area (TPSA) is 67.1 Å². The Kier molecular flexibility index (Phi) is 4.42. The Labute approximate surface area is 133 Å². The van der Waals surface area contributed by atoms with Gasteiger partial charge in [0.05, 0.1) is 5.56 Å². The third-order valence-electron chi connectivity index (χ3n) is 3.82. The molecule has 1 atom stereocenters. The number of nitrogens with two attached hydrogens (primary N) is 1. The third-order valence-corrected chi connectivity index (χ3v) is 5.62. The molecule has 0 spiro atoms. The molecule has 0 amide bonds. The number of hydrogen-bond donors (Lipinski definition) is 2. The molecule has 0 aliphatic carbocycles. The molecule has 0 radical (unpaired) electrons. The van der Waals surface area contributed by atoms with Crippen molar-refractivity contribution in [1.82, 2.24) is 14.3 Å². The zero-order chi connectivity index (χ0) is 14.8. The molecule has 3 N–H and O–H groups in total. The van der Waals surface area contributed by atoms with E-state index in [9.17, 15) is 0 Å². The number of rotatable bonds is 4. The largest absolute Gasteiger partial charge is 0.382 e. The van der Waals surface area contributed by atoms with Gasteiger partial charge in [-0.05, 0) is 50.8 Å². The van der Waals surface area contributed by atoms with Crippen molar-refractivity contribution in [2.75, 3.05) is 37.7 Å². The molecule has 0 saturated carbocycles. The number of likely N-dealkylation sites (tertiary alicyclic amines) is 1. The van der Waals surface area contributed by atoms with Gasteiger partial charge < -0.3 is 16.0 Å². The highest BCUT2D eigenvalue weighted by Gasteiger charge is 2.20. The van der Waals surface area contributed by atoms with Crippen LogP contribution in [0.3, 0.4) is 0 Å². The maximum atomic E-state index is 6.03. The van der Waals surface area contributed by atoms with E-state index in [0.717, 1.165) is 34.4 Å². The minimum Gasteiger partial charge on any atom is -0.382 e. The molecule has 1 unspecified atom stereocenters. The van der Waals surface area contributed by atoms with Crippen molar-refractivity contribution in [3.8, 4) is 10.6 Å². The van der Waals surface area contributed by atoms with E-state index < -0.39 is 0 Å². The molecule has 1 fully saturated rings. The maximum Gasteiger partial charge on any atom is 0.149 e. The number of aryl methyl sites for hydroxylation is 1. The zero-order valence-corrected chi connectivity index (χ0v) is 14.1. The second-order valence-corrected chi connectivity index (χ2v) is 7.35. The summed E-state index contributed by atoms with van der Waals surface area (Å²) < 4.78 is 4.29. The fourth-order valence-corrected chi connectivity index (χ4v) is 4.42. The SMILES string of the molecule is Cc1csc(-c2c(N)nsc2NCC2CCCN(C)C2)n1. The van der Waals surface area contributed by atoms with Crippen LogP contribution in [-0.4, -0.2) is 40.9 Å². The number of nitrogens with one attached hydrogen (secondary N) is 1. The van der Waals surface area contributed by atoms with Crippen LogP contribution in [0.2, 0.25) is 0 Å². The summed E-state index contributed by atoms with van der Waals surface area (Å²) >= 11 is 3.06. The molecule has 0 bridgehead atoms. The summed E-state index contributed by atoms with van der Waals surface area (Å²) in [6.45, 7) is 5.35. The van der Waals surface area contributed by atoms with Crippen molar-refractivity contribution >= 4 is 33.7 Å². The number of nitrogens with zero attached hydrogens (tertiary/aromatic N) is 3. The molecule has 1 aliphatic heterocycles. The highest BCUT2D eigenvalue weighted by Crippen LogP contribution is 2.38. The first-order valence-corrected chi connectivity index (χ1v) is 8.89. The fourth-order valence-electron chi connectivity index (χ4n) is 2.78. The minimum absolute atomic E-state index is 0.581. The molecule has 21 heavy (non-hydrogen) atoms. The molecule has 5 nitrogen and oxygen atoms in total. The lowest BCUT2D eigenvalue weighted by molar-refractivity contribution is 0.217. The van der Waals surface area contributed by atoms with Crippen molar-refractivity contribution in [3.63, 3.8) is 0 Å². The number of piperidine rings is 1. The first kappa shape index (κ1) is 14.7. The number of thiazole rings is 1. The molecule has 0 aromatic carbocycles. The van der Waals surface area contributed by atoms with Crippen LogP contribution >= 0.6 is 22.9 Å². The molecule has 7 heteroatoms. The van der Waals surface area contributed by atoms with E-state index in [-0.39, 0.29) is 0 Å².